The van der Waals surface area contributed by atoms with Gasteiger partial charge in [-0.15, -0.1) is 6.58 Å². The highest BCUT2D eigenvalue weighted by atomic mass is 15.0. The van der Waals surface area contributed by atoms with Crippen LogP contribution in [0.2, 0.25) is 0 Å². The maximum atomic E-state index is 4.26. The van der Waals surface area contributed by atoms with E-state index in [2.05, 4.69) is 79.8 Å². The molecule has 0 saturated carbocycles. The summed E-state index contributed by atoms with van der Waals surface area (Å²) in [6.07, 6.45) is 17.8. The smallest absolute Gasteiger partial charge is 0.0660 e. The lowest BCUT2D eigenvalue weighted by Gasteiger charge is -2.22. The van der Waals surface area contributed by atoms with Crippen LogP contribution in [0.5, 0.6) is 0 Å². The Morgan fingerprint density at radius 3 is 2.79 bits per heavy atom. The SMILES string of the molecule is C=CCCCCCC(NC(=C)C(C)C)c1cc2c3c(ccc2[nH]1)C=CCC=C3. The van der Waals surface area contributed by atoms with Gasteiger partial charge in [0.15, 0.2) is 0 Å². The molecule has 2 aromatic rings. The van der Waals surface area contributed by atoms with Crippen molar-refractivity contribution in [2.75, 3.05) is 0 Å². The molecule has 0 radical (unpaired) electrons. The fourth-order valence-corrected chi connectivity index (χ4v) is 3.75. The molecule has 1 heterocycles. The molecule has 2 heteroatoms. The van der Waals surface area contributed by atoms with Crippen LogP contribution in [0.1, 0.15) is 75.2 Å². The number of aromatic nitrogens is 1. The average Bonchev–Trinajstić information content (AvgIpc) is 2.97. The standard InChI is InChI=1S/C26H34N2/c1-5-6-7-8-12-15-25(27-20(4)19(2)3)26-18-23-22-14-11-9-10-13-21(22)16-17-24(23)28-26/h5,10-11,13-14,16-19,25,27-28H,1,4,6-9,12,15H2,2-3H3. The van der Waals surface area contributed by atoms with E-state index in [4.69, 9.17) is 0 Å². The van der Waals surface area contributed by atoms with Crippen molar-refractivity contribution < 1.29 is 0 Å². The van der Waals surface area contributed by atoms with Crippen molar-refractivity contribution in [3.63, 3.8) is 0 Å². The molecule has 0 spiro atoms. The first kappa shape index (κ1) is 20.3. The third-order valence-electron chi connectivity index (χ3n) is 5.59. The van der Waals surface area contributed by atoms with Crippen LogP contribution in [-0.2, 0) is 0 Å². The summed E-state index contributed by atoms with van der Waals surface area (Å²) < 4.78 is 0. The molecule has 1 aliphatic rings. The lowest BCUT2D eigenvalue weighted by molar-refractivity contribution is 0.480. The van der Waals surface area contributed by atoms with Crippen LogP contribution in [0, 0.1) is 5.92 Å². The molecular weight excluding hydrogens is 340 g/mol. The summed E-state index contributed by atoms with van der Waals surface area (Å²) in [4.78, 5) is 3.68. The molecule has 0 fully saturated rings. The molecule has 0 bridgehead atoms. The van der Waals surface area contributed by atoms with Gasteiger partial charge in [-0.25, -0.2) is 0 Å². The first-order chi connectivity index (χ1) is 13.6. The maximum Gasteiger partial charge on any atom is 0.0660 e. The largest absolute Gasteiger partial charge is 0.380 e. The zero-order valence-corrected chi connectivity index (χ0v) is 17.4. The third kappa shape index (κ3) is 4.86. The molecule has 0 aliphatic heterocycles. The summed E-state index contributed by atoms with van der Waals surface area (Å²) in [7, 11) is 0. The second-order valence-corrected chi connectivity index (χ2v) is 8.10. The summed E-state index contributed by atoms with van der Waals surface area (Å²) in [5, 5.41) is 5.01. The fraction of sp³-hybridized carbons (Fsp3) is 0.385. The van der Waals surface area contributed by atoms with Crippen LogP contribution in [0.3, 0.4) is 0 Å². The van der Waals surface area contributed by atoms with Crippen LogP contribution in [-0.4, -0.2) is 4.98 Å². The molecule has 1 aromatic carbocycles. The molecule has 28 heavy (non-hydrogen) atoms. The minimum absolute atomic E-state index is 0.270. The van der Waals surface area contributed by atoms with Gasteiger partial charge >= 0.3 is 0 Å². The second-order valence-electron chi connectivity index (χ2n) is 8.10. The molecule has 0 amide bonds. The number of fused-ring (bicyclic) bond motifs is 3. The zero-order chi connectivity index (χ0) is 19.9. The first-order valence-electron chi connectivity index (χ1n) is 10.6. The molecule has 1 aromatic heterocycles. The van der Waals surface area contributed by atoms with Crippen LogP contribution in [0.4, 0.5) is 0 Å². The van der Waals surface area contributed by atoms with Crippen molar-refractivity contribution >= 4 is 23.1 Å². The maximum absolute atomic E-state index is 4.26. The number of benzene rings is 1. The Hall–Kier alpha value is -2.48. The highest BCUT2D eigenvalue weighted by molar-refractivity contribution is 5.93. The lowest BCUT2D eigenvalue weighted by atomic mass is 10.0. The summed E-state index contributed by atoms with van der Waals surface area (Å²) >= 11 is 0. The number of hydrogen-bond acceptors (Lipinski definition) is 1. The molecule has 148 valence electrons. The van der Waals surface area contributed by atoms with Crippen LogP contribution >= 0.6 is 0 Å². The fourth-order valence-electron chi connectivity index (χ4n) is 3.75. The van der Waals surface area contributed by atoms with Crippen molar-refractivity contribution in [3.8, 4) is 0 Å². The first-order valence-corrected chi connectivity index (χ1v) is 10.6. The second kappa shape index (κ2) is 9.64. The number of unbranched alkanes of at least 4 members (excludes halogenated alkanes) is 3. The number of aromatic amines is 1. The van der Waals surface area contributed by atoms with E-state index in [0.29, 0.717) is 5.92 Å². The van der Waals surface area contributed by atoms with Crippen molar-refractivity contribution in [1.82, 2.24) is 10.3 Å². The lowest BCUT2D eigenvalue weighted by Crippen LogP contribution is -2.23. The quantitative estimate of drug-likeness (QED) is 0.326. The highest BCUT2D eigenvalue weighted by Crippen LogP contribution is 2.31. The number of H-pyrrole nitrogens is 1. The number of hydrogen-bond donors (Lipinski definition) is 2. The van der Waals surface area contributed by atoms with E-state index in [-0.39, 0.29) is 6.04 Å². The third-order valence-corrected chi connectivity index (χ3v) is 5.59. The van der Waals surface area contributed by atoms with E-state index in [1.807, 2.05) is 6.08 Å². The van der Waals surface area contributed by atoms with Gasteiger partial charge in [0.25, 0.3) is 0 Å². The number of rotatable bonds is 10. The van der Waals surface area contributed by atoms with Crippen molar-refractivity contribution in [2.45, 2.75) is 58.4 Å². The highest BCUT2D eigenvalue weighted by Gasteiger charge is 2.17. The van der Waals surface area contributed by atoms with Crippen molar-refractivity contribution in [1.29, 1.82) is 0 Å². The topological polar surface area (TPSA) is 27.8 Å². The molecule has 1 atom stereocenters. The predicted octanol–water partition coefficient (Wildman–Crippen LogP) is 7.53. The van der Waals surface area contributed by atoms with Crippen LogP contribution < -0.4 is 5.32 Å². The molecule has 3 rings (SSSR count). The molecule has 2 nitrogen and oxygen atoms in total. The van der Waals surface area contributed by atoms with E-state index in [0.717, 1.165) is 25.0 Å². The summed E-state index contributed by atoms with van der Waals surface area (Å²) in [6.45, 7) is 12.5. The van der Waals surface area contributed by atoms with Gasteiger partial charge in [-0.3, -0.25) is 0 Å². The van der Waals surface area contributed by atoms with Gasteiger partial charge in [0.05, 0.1) is 6.04 Å². The van der Waals surface area contributed by atoms with Gasteiger partial charge in [0.2, 0.25) is 0 Å². The molecule has 2 N–H and O–H groups in total. The zero-order valence-electron chi connectivity index (χ0n) is 17.4. The van der Waals surface area contributed by atoms with E-state index in [1.165, 1.54) is 47.0 Å². The number of nitrogens with one attached hydrogen (secondary N) is 2. The van der Waals surface area contributed by atoms with E-state index in [1.54, 1.807) is 0 Å². The number of allylic oxidation sites excluding steroid dienone is 4. The van der Waals surface area contributed by atoms with E-state index >= 15 is 0 Å². The molecular formula is C26H34N2. The van der Waals surface area contributed by atoms with Gasteiger partial charge in [-0.05, 0) is 54.9 Å². The molecule has 1 aliphatic carbocycles. The van der Waals surface area contributed by atoms with Crippen LogP contribution in [0.15, 0.2) is 55.3 Å². The van der Waals surface area contributed by atoms with E-state index < -0.39 is 0 Å². The normalized spacial score (nSPS) is 14.1. The Bertz CT molecular complexity index is 879. The van der Waals surface area contributed by atoms with Gasteiger partial charge < -0.3 is 10.3 Å². The molecule has 1 unspecified atom stereocenters. The predicted molar refractivity (Wildman–Crippen MR) is 124 cm³/mol. The van der Waals surface area contributed by atoms with Crippen molar-refractivity contribution in [3.05, 3.63) is 72.1 Å². The minimum Gasteiger partial charge on any atom is -0.380 e. The summed E-state index contributed by atoms with van der Waals surface area (Å²) in [5.41, 5.74) is 6.20. The minimum atomic E-state index is 0.270. The monoisotopic (exact) mass is 374 g/mol. The Morgan fingerprint density at radius 2 is 2.00 bits per heavy atom. The van der Waals surface area contributed by atoms with Crippen molar-refractivity contribution in [2.24, 2.45) is 5.92 Å². The Labute approximate surface area is 170 Å². The van der Waals surface area contributed by atoms with Gasteiger partial charge in [-0.1, -0.05) is 69.7 Å². The average molecular weight is 375 g/mol. The Balaban J connectivity index is 1.86. The Morgan fingerprint density at radius 1 is 1.18 bits per heavy atom. The van der Waals surface area contributed by atoms with Gasteiger partial charge in [0.1, 0.15) is 0 Å². The van der Waals surface area contributed by atoms with Gasteiger partial charge in [-0.2, -0.15) is 0 Å². The summed E-state index contributed by atoms with van der Waals surface area (Å²) in [5.74, 6) is 0.428. The Kier molecular flexibility index (Phi) is 6.97. The van der Waals surface area contributed by atoms with Gasteiger partial charge in [0, 0.05) is 22.3 Å². The summed E-state index contributed by atoms with van der Waals surface area (Å²) in [6, 6.07) is 7.04. The van der Waals surface area contributed by atoms with Crippen LogP contribution in [0.25, 0.3) is 23.1 Å². The molecule has 0 saturated heterocycles. The van der Waals surface area contributed by atoms with E-state index in [9.17, 15) is 0 Å².